The van der Waals surface area contributed by atoms with Crippen molar-refractivity contribution in [2.75, 3.05) is 26.4 Å². The zero-order valence-corrected chi connectivity index (χ0v) is 10.2. The Morgan fingerprint density at radius 1 is 1.18 bits per heavy atom. The third kappa shape index (κ3) is 6.70. The summed E-state index contributed by atoms with van der Waals surface area (Å²) in [4.78, 5) is 22.1. The second kappa shape index (κ2) is 8.72. The number of amides is 1. The van der Waals surface area contributed by atoms with Crippen LogP contribution >= 0.6 is 0 Å². The van der Waals surface area contributed by atoms with Crippen LogP contribution in [0.15, 0.2) is 11.1 Å². The Kier molecular flexibility index (Phi) is 8.00. The lowest BCUT2D eigenvalue weighted by Crippen LogP contribution is -2.27. The SMILES string of the molecule is CC(C(=O)O)=C(C)C(=O)NCCCOCCO. The monoisotopic (exact) mass is 245 g/mol. The lowest BCUT2D eigenvalue weighted by molar-refractivity contribution is -0.133. The number of aliphatic hydroxyl groups is 1. The number of aliphatic hydroxyl groups excluding tert-OH is 1. The highest BCUT2D eigenvalue weighted by Gasteiger charge is 2.11. The number of hydrogen-bond acceptors (Lipinski definition) is 4. The molecule has 0 spiro atoms. The van der Waals surface area contributed by atoms with Gasteiger partial charge < -0.3 is 20.3 Å². The molecule has 0 fully saturated rings. The quantitative estimate of drug-likeness (QED) is 0.410. The second-order valence-electron chi connectivity index (χ2n) is 3.50. The minimum absolute atomic E-state index is 0.0218. The van der Waals surface area contributed by atoms with Crippen molar-refractivity contribution in [1.82, 2.24) is 5.32 Å². The van der Waals surface area contributed by atoms with Crippen LogP contribution in [-0.4, -0.2) is 48.5 Å². The van der Waals surface area contributed by atoms with E-state index in [2.05, 4.69) is 5.32 Å². The fourth-order valence-corrected chi connectivity index (χ4v) is 1.01. The van der Waals surface area contributed by atoms with Gasteiger partial charge in [-0.05, 0) is 20.3 Å². The zero-order chi connectivity index (χ0) is 13.3. The van der Waals surface area contributed by atoms with Crippen molar-refractivity contribution in [3.8, 4) is 0 Å². The Labute approximate surface area is 100 Å². The predicted octanol–water partition coefficient (Wildman–Crippen LogP) is -0.0774. The van der Waals surface area contributed by atoms with Crippen LogP contribution < -0.4 is 5.32 Å². The number of carbonyl (C=O) groups excluding carboxylic acids is 1. The molecule has 0 saturated carbocycles. The molecule has 0 aromatic carbocycles. The van der Waals surface area contributed by atoms with E-state index in [1.165, 1.54) is 13.8 Å². The van der Waals surface area contributed by atoms with Crippen molar-refractivity contribution >= 4 is 11.9 Å². The molecule has 0 aliphatic heterocycles. The van der Waals surface area contributed by atoms with E-state index in [0.717, 1.165) is 0 Å². The lowest BCUT2D eigenvalue weighted by Gasteiger charge is -2.07. The molecule has 1 amide bonds. The summed E-state index contributed by atoms with van der Waals surface area (Å²) in [7, 11) is 0. The first-order valence-electron chi connectivity index (χ1n) is 5.38. The molecule has 0 rings (SSSR count). The van der Waals surface area contributed by atoms with Crippen molar-refractivity contribution in [3.63, 3.8) is 0 Å². The van der Waals surface area contributed by atoms with Gasteiger partial charge in [-0.2, -0.15) is 0 Å². The van der Waals surface area contributed by atoms with E-state index in [9.17, 15) is 9.59 Å². The molecule has 0 atom stereocenters. The number of ether oxygens (including phenoxy) is 1. The minimum Gasteiger partial charge on any atom is -0.478 e. The Balaban J connectivity index is 3.87. The van der Waals surface area contributed by atoms with Crippen molar-refractivity contribution < 1.29 is 24.5 Å². The smallest absolute Gasteiger partial charge is 0.331 e. The van der Waals surface area contributed by atoms with E-state index in [4.69, 9.17) is 14.9 Å². The van der Waals surface area contributed by atoms with E-state index in [-0.39, 0.29) is 30.3 Å². The zero-order valence-electron chi connectivity index (χ0n) is 10.2. The van der Waals surface area contributed by atoms with Gasteiger partial charge in [0.2, 0.25) is 5.91 Å². The van der Waals surface area contributed by atoms with Crippen LogP contribution in [0.4, 0.5) is 0 Å². The molecule has 0 aliphatic rings. The third-order valence-electron chi connectivity index (χ3n) is 2.21. The first kappa shape index (κ1) is 15.6. The van der Waals surface area contributed by atoms with Crippen LogP contribution in [0.5, 0.6) is 0 Å². The van der Waals surface area contributed by atoms with Crippen LogP contribution in [0.3, 0.4) is 0 Å². The lowest BCUT2D eigenvalue weighted by atomic mass is 10.1. The molecule has 0 aromatic rings. The molecule has 6 heteroatoms. The minimum atomic E-state index is -1.09. The maximum absolute atomic E-state index is 11.5. The van der Waals surface area contributed by atoms with Gasteiger partial charge in [0.05, 0.1) is 13.2 Å². The van der Waals surface area contributed by atoms with Gasteiger partial charge in [0, 0.05) is 24.3 Å². The second-order valence-corrected chi connectivity index (χ2v) is 3.50. The molecule has 98 valence electrons. The Morgan fingerprint density at radius 2 is 1.82 bits per heavy atom. The molecule has 0 aromatic heterocycles. The Bertz CT molecular complexity index is 298. The fraction of sp³-hybridized carbons (Fsp3) is 0.636. The number of carboxylic acid groups (broad SMARTS) is 1. The summed E-state index contributed by atoms with van der Waals surface area (Å²) in [5.41, 5.74) is 0.243. The summed E-state index contributed by atoms with van der Waals surface area (Å²) in [6.45, 7) is 3.98. The summed E-state index contributed by atoms with van der Waals surface area (Å²) >= 11 is 0. The van der Waals surface area contributed by atoms with E-state index in [1.54, 1.807) is 0 Å². The van der Waals surface area contributed by atoms with Crippen LogP contribution in [0.25, 0.3) is 0 Å². The summed E-state index contributed by atoms with van der Waals surface area (Å²) < 4.78 is 5.00. The van der Waals surface area contributed by atoms with Gasteiger partial charge in [-0.3, -0.25) is 4.79 Å². The van der Waals surface area contributed by atoms with Crippen LogP contribution in [0.1, 0.15) is 20.3 Å². The van der Waals surface area contributed by atoms with Crippen LogP contribution in [0.2, 0.25) is 0 Å². The van der Waals surface area contributed by atoms with Gasteiger partial charge in [-0.1, -0.05) is 0 Å². The Morgan fingerprint density at radius 3 is 2.35 bits per heavy atom. The van der Waals surface area contributed by atoms with Crippen molar-refractivity contribution in [3.05, 3.63) is 11.1 Å². The van der Waals surface area contributed by atoms with Gasteiger partial charge in [0.1, 0.15) is 0 Å². The number of carbonyl (C=O) groups is 2. The maximum Gasteiger partial charge on any atom is 0.331 e. The molecular weight excluding hydrogens is 226 g/mol. The molecule has 3 N–H and O–H groups in total. The average molecular weight is 245 g/mol. The predicted molar refractivity (Wildman–Crippen MR) is 61.5 cm³/mol. The molecule has 6 nitrogen and oxygen atoms in total. The third-order valence-corrected chi connectivity index (χ3v) is 2.21. The molecule has 0 radical (unpaired) electrons. The molecule has 17 heavy (non-hydrogen) atoms. The summed E-state index contributed by atoms with van der Waals surface area (Å²) in [6.07, 6.45) is 0.616. The number of carboxylic acids is 1. The van der Waals surface area contributed by atoms with Crippen molar-refractivity contribution in [2.45, 2.75) is 20.3 Å². The van der Waals surface area contributed by atoms with Gasteiger partial charge >= 0.3 is 5.97 Å². The van der Waals surface area contributed by atoms with Gasteiger partial charge in [-0.25, -0.2) is 4.79 Å². The van der Waals surface area contributed by atoms with Crippen molar-refractivity contribution in [2.24, 2.45) is 0 Å². The van der Waals surface area contributed by atoms with Gasteiger partial charge in [0.15, 0.2) is 0 Å². The van der Waals surface area contributed by atoms with E-state index in [0.29, 0.717) is 19.6 Å². The first-order chi connectivity index (χ1) is 8.00. The largest absolute Gasteiger partial charge is 0.478 e. The van der Waals surface area contributed by atoms with Crippen molar-refractivity contribution in [1.29, 1.82) is 0 Å². The normalized spacial score (nSPS) is 11.9. The molecule has 0 saturated heterocycles. The molecule has 0 unspecified atom stereocenters. The molecule has 0 aliphatic carbocycles. The Hall–Kier alpha value is -1.40. The average Bonchev–Trinajstić information content (AvgIpc) is 2.31. The number of hydrogen-bond donors (Lipinski definition) is 3. The highest BCUT2D eigenvalue weighted by Crippen LogP contribution is 2.03. The van der Waals surface area contributed by atoms with E-state index in [1.807, 2.05) is 0 Å². The molecular formula is C11H19NO5. The molecule has 0 bridgehead atoms. The van der Waals surface area contributed by atoms with Crippen LogP contribution in [0, 0.1) is 0 Å². The van der Waals surface area contributed by atoms with E-state index < -0.39 is 5.97 Å². The summed E-state index contributed by atoms with van der Waals surface area (Å²) in [6, 6.07) is 0. The fourth-order valence-electron chi connectivity index (χ4n) is 1.01. The first-order valence-corrected chi connectivity index (χ1v) is 5.38. The van der Waals surface area contributed by atoms with Gasteiger partial charge in [-0.15, -0.1) is 0 Å². The number of nitrogens with one attached hydrogen (secondary N) is 1. The standard InChI is InChI=1S/C11H19NO5/c1-8(9(2)11(15)16)10(14)12-4-3-6-17-7-5-13/h13H,3-7H2,1-2H3,(H,12,14)(H,15,16). The van der Waals surface area contributed by atoms with Crippen LogP contribution in [-0.2, 0) is 14.3 Å². The van der Waals surface area contributed by atoms with Gasteiger partial charge in [0.25, 0.3) is 0 Å². The summed E-state index contributed by atoms with van der Waals surface area (Å²) in [5.74, 6) is -1.48. The van der Waals surface area contributed by atoms with E-state index >= 15 is 0 Å². The topological polar surface area (TPSA) is 95.9 Å². The number of rotatable bonds is 8. The maximum atomic E-state index is 11.5. The highest BCUT2D eigenvalue weighted by molar-refractivity contribution is 6.01. The highest BCUT2D eigenvalue weighted by atomic mass is 16.5. The molecule has 0 heterocycles. The summed E-state index contributed by atoms with van der Waals surface area (Å²) in [5, 5.41) is 19.7. The number of aliphatic carboxylic acids is 1.